The van der Waals surface area contributed by atoms with E-state index in [1.54, 1.807) is 17.5 Å². The van der Waals surface area contributed by atoms with Crippen molar-refractivity contribution >= 4 is 28.6 Å². The predicted molar refractivity (Wildman–Crippen MR) is 68.3 cm³/mol. The topological polar surface area (TPSA) is 29.0 Å². The van der Waals surface area contributed by atoms with Gasteiger partial charge in [0.05, 0.1) is 5.01 Å². The molecule has 0 radical (unpaired) electrons. The summed E-state index contributed by atoms with van der Waals surface area (Å²) in [5.74, 6) is 0. The molecule has 0 bridgehead atoms. The van der Waals surface area contributed by atoms with Crippen LogP contribution in [0, 0.1) is 0 Å². The summed E-state index contributed by atoms with van der Waals surface area (Å²) in [6.07, 6.45) is 4.51. The van der Waals surface area contributed by atoms with Gasteiger partial charge >= 0.3 is 0 Å². The molecule has 0 aliphatic carbocycles. The summed E-state index contributed by atoms with van der Waals surface area (Å²) in [6, 6.07) is 3.82. The summed E-state index contributed by atoms with van der Waals surface area (Å²) in [4.78, 5) is 10.4. The average molecular weight is 254 g/mol. The van der Waals surface area contributed by atoms with Gasteiger partial charge in [0.2, 0.25) is 0 Å². The third-order valence-corrected chi connectivity index (χ3v) is 3.34. The molecule has 0 aliphatic rings. The Hall–Kier alpha value is -1.13. The Morgan fingerprint density at radius 1 is 1.38 bits per heavy atom. The average Bonchev–Trinajstić information content (AvgIpc) is 2.78. The molecule has 0 spiro atoms. The molecule has 2 rings (SSSR count). The van der Waals surface area contributed by atoms with Crippen molar-refractivity contribution in [1.29, 1.82) is 0 Å². The first kappa shape index (κ1) is 11.4. The molecule has 2 heterocycles. The maximum absolute atomic E-state index is 5.84. The fraction of sp³-hybridized carbons (Fsp3) is 0.273. The van der Waals surface area contributed by atoms with Gasteiger partial charge in [-0.05, 0) is 12.1 Å². The van der Waals surface area contributed by atoms with E-state index in [9.17, 15) is 0 Å². The molecule has 2 aromatic heterocycles. The number of thiazole rings is 1. The van der Waals surface area contributed by atoms with Crippen molar-refractivity contribution in [1.82, 2.24) is 9.97 Å². The molecule has 5 heteroatoms. The van der Waals surface area contributed by atoms with Gasteiger partial charge in [0.15, 0.2) is 0 Å². The SMILES string of the molecule is CN(CCc1nccs1)c1ccnc(Cl)c1. The van der Waals surface area contributed by atoms with Crippen LogP contribution >= 0.6 is 22.9 Å². The second-order valence-electron chi connectivity index (χ2n) is 3.43. The van der Waals surface area contributed by atoms with Gasteiger partial charge in [-0.15, -0.1) is 11.3 Å². The van der Waals surface area contributed by atoms with Crippen molar-refractivity contribution in [2.75, 3.05) is 18.5 Å². The Morgan fingerprint density at radius 3 is 2.94 bits per heavy atom. The number of likely N-dealkylation sites (N-methyl/N-ethyl adjacent to an activating group) is 1. The van der Waals surface area contributed by atoms with E-state index in [0.29, 0.717) is 5.15 Å². The third kappa shape index (κ3) is 2.93. The number of hydrogen-bond acceptors (Lipinski definition) is 4. The Kier molecular flexibility index (Phi) is 3.74. The van der Waals surface area contributed by atoms with Crippen molar-refractivity contribution in [2.24, 2.45) is 0 Å². The minimum atomic E-state index is 0.526. The predicted octanol–water partition coefficient (Wildman–Crippen LogP) is 2.87. The van der Waals surface area contributed by atoms with Gasteiger partial charge in [-0.3, -0.25) is 0 Å². The highest BCUT2D eigenvalue weighted by atomic mass is 35.5. The second-order valence-corrected chi connectivity index (χ2v) is 4.80. The van der Waals surface area contributed by atoms with E-state index >= 15 is 0 Å². The van der Waals surface area contributed by atoms with Crippen LogP contribution in [0.1, 0.15) is 5.01 Å². The zero-order valence-electron chi connectivity index (χ0n) is 8.93. The maximum atomic E-state index is 5.84. The maximum Gasteiger partial charge on any atom is 0.131 e. The Balaban J connectivity index is 1.95. The lowest BCUT2D eigenvalue weighted by atomic mass is 10.3. The monoisotopic (exact) mass is 253 g/mol. The van der Waals surface area contributed by atoms with Gasteiger partial charge in [0, 0.05) is 43.5 Å². The van der Waals surface area contributed by atoms with Crippen molar-refractivity contribution in [3.8, 4) is 0 Å². The lowest BCUT2D eigenvalue weighted by molar-refractivity contribution is 0.868. The molecule has 0 unspecified atom stereocenters. The van der Waals surface area contributed by atoms with Crippen LogP contribution in [-0.4, -0.2) is 23.6 Å². The standard InChI is InChI=1S/C11H12ClN3S/c1-15(6-3-11-14-5-7-16-11)9-2-4-13-10(12)8-9/h2,4-5,7-8H,3,6H2,1H3. The highest BCUT2D eigenvalue weighted by Crippen LogP contribution is 2.16. The van der Waals surface area contributed by atoms with Crippen molar-refractivity contribution < 1.29 is 0 Å². The molecule has 0 saturated heterocycles. The van der Waals surface area contributed by atoms with E-state index < -0.39 is 0 Å². The number of aromatic nitrogens is 2. The van der Waals surface area contributed by atoms with E-state index in [2.05, 4.69) is 14.9 Å². The molecule has 84 valence electrons. The molecule has 0 aromatic carbocycles. The molecule has 16 heavy (non-hydrogen) atoms. The Labute approximate surface area is 104 Å². The van der Waals surface area contributed by atoms with E-state index in [0.717, 1.165) is 23.7 Å². The van der Waals surface area contributed by atoms with E-state index in [4.69, 9.17) is 11.6 Å². The molecule has 2 aromatic rings. The molecule has 0 atom stereocenters. The summed E-state index contributed by atoms with van der Waals surface area (Å²) in [6.45, 7) is 0.924. The largest absolute Gasteiger partial charge is 0.374 e. The summed E-state index contributed by atoms with van der Waals surface area (Å²) >= 11 is 7.53. The number of anilines is 1. The summed E-state index contributed by atoms with van der Waals surface area (Å²) in [5.41, 5.74) is 1.08. The Bertz CT molecular complexity index is 444. The van der Waals surface area contributed by atoms with Crippen LogP contribution in [0.15, 0.2) is 29.9 Å². The van der Waals surface area contributed by atoms with Crippen molar-refractivity contribution in [3.05, 3.63) is 40.1 Å². The number of hydrogen-bond donors (Lipinski definition) is 0. The van der Waals surface area contributed by atoms with E-state index in [1.165, 1.54) is 0 Å². The van der Waals surface area contributed by atoms with Crippen LogP contribution in [0.4, 0.5) is 5.69 Å². The summed E-state index contributed by atoms with van der Waals surface area (Å²) in [5, 5.41) is 3.68. The van der Waals surface area contributed by atoms with Crippen LogP contribution in [0.25, 0.3) is 0 Å². The van der Waals surface area contributed by atoms with Gasteiger partial charge in [0.1, 0.15) is 5.15 Å². The van der Waals surface area contributed by atoms with Gasteiger partial charge in [0.25, 0.3) is 0 Å². The molecule has 0 saturated carbocycles. The van der Waals surface area contributed by atoms with E-state index in [-0.39, 0.29) is 0 Å². The van der Waals surface area contributed by atoms with Crippen molar-refractivity contribution in [3.63, 3.8) is 0 Å². The molecule has 0 N–H and O–H groups in total. The smallest absolute Gasteiger partial charge is 0.131 e. The Morgan fingerprint density at radius 2 is 2.25 bits per heavy atom. The van der Waals surface area contributed by atoms with Gasteiger partial charge < -0.3 is 4.90 Å². The lowest BCUT2D eigenvalue weighted by Gasteiger charge is -2.18. The van der Waals surface area contributed by atoms with Crippen LogP contribution in [0.2, 0.25) is 5.15 Å². The van der Waals surface area contributed by atoms with Crippen LogP contribution < -0.4 is 4.90 Å². The second kappa shape index (κ2) is 5.27. The molecule has 0 amide bonds. The highest BCUT2D eigenvalue weighted by molar-refractivity contribution is 7.09. The lowest BCUT2D eigenvalue weighted by Crippen LogP contribution is -2.20. The fourth-order valence-corrected chi connectivity index (χ4v) is 2.18. The normalized spacial score (nSPS) is 10.4. The number of halogens is 1. The van der Waals surface area contributed by atoms with Crippen molar-refractivity contribution in [2.45, 2.75) is 6.42 Å². The quantitative estimate of drug-likeness (QED) is 0.785. The molecule has 3 nitrogen and oxygen atoms in total. The summed E-state index contributed by atoms with van der Waals surface area (Å²) in [7, 11) is 2.04. The first-order chi connectivity index (χ1) is 7.75. The highest BCUT2D eigenvalue weighted by Gasteiger charge is 2.03. The van der Waals surface area contributed by atoms with E-state index in [1.807, 2.05) is 30.8 Å². The third-order valence-electron chi connectivity index (χ3n) is 2.30. The zero-order valence-corrected chi connectivity index (χ0v) is 10.5. The first-order valence-corrected chi connectivity index (χ1v) is 6.22. The van der Waals surface area contributed by atoms with Gasteiger partial charge in [-0.2, -0.15) is 0 Å². The molecule has 0 fully saturated rings. The van der Waals surface area contributed by atoms with Crippen LogP contribution in [0.5, 0.6) is 0 Å². The summed E-state index contributed by atoms with van der Waals surface area (Å²) < 4.78 is 0. The molecule has 0 aliphatic heterocycles. The molecular formula is C11H12ClN3S. The fourth-order valence-electron chi connectivity index (χ4n) is 1.40. The minimum Gasteiger partial charge on any atom is -0.374 e. The number of rotatable bonds is 4. The van der Waals surface area contributed by atoms with Crippen LogP contribution in [-0.2, 0) is 6.42 Å². The zero-order chi connectivity index (χ0) is 11.4. The number of nitrogens with zero attached hydrogens (tertiary/aromatic N) is 3. The van der Waals surface area contributed by atoms with Gasteiger partial charge in [-0.25, -0.2) is 9.97 Å². The minimum absolute atomic E-state index is 0.526. The number of pyridine rings is 1. The first-order valence-electron chi connectivity index (χ1n) is 4.97. The van der Waals surface area contributed by atoms with Crippen LogP contribution in [0.3, 0.4) is 0 Å². The molecular weight excluding hydrogens is 242 g/mol. The van der Waals surface area contributed by atoms with Gasteiger partial charge in [-0.1, -0.05) is 11.6 Å².